The zero-order valence-electron chi connectivity index (χ0n) is 23.3. The van der Waals surface area contributed by atoms with Crippen LogP contribution in [0.15, 0.2) is 58.5 Å². The van der Waals surface area contributed by atoms with Gasteiger partial charge in [0.2, 0.25) is 0 Å². The number of aromatic amines is 2. The molecule has 3 aromatic carbocycles. The molecule has 0 bridgehead atoms. The third-order valence-corrected chi connectivity index (χ3v) is 8.49. The van der Waals surface area contributed by atoms with Crippen LogP contribution in [0.5, 0.6) is 11.5 Å². The highest BCUT2D eigenvalue weighted by Gasteiger charge is 2.29. The lowest BCUT2D eigenvalue weighted by Gasteiger charge is -2.23. The van der Waals surface area contributed by atoms with Gasteiger partial charge in [0.1, 0.15) is 17.3 Å². The van der Waals surface area contributed by atoms with E-state index in [2.05, 4.69) is 9.97 Å². The minimum absolute atomic E-state index is 0.106. The monoisotopic (exact) mass is 570 g/mol. The molecule has 0 saturated carbocycles. The molecule has 0 radical (unpaired) electrons. The molecule has 2 aliphatic rings. The number of nitrogens with zero attached hydrogens (tertiary/aromatic N) is 2. The Hall–Kier alpha value is -4.53. The van der Waals surface area contributed by atoms with Crippen molar-refractivity contribution in [2.24, 2.45) is 9.98 Å². The second-order valence-electron chi connectivity index (χ2n) is 10.8. The third kappa shape index (κ3) is 4.44. The van der Waals surface area contributed by atoms with Crippen molar-refractivity contribution in [3.05, 3.63) is 94.1 Å². The molecule has 0 spiro atoms. The molecule has 7 rings (SSSR count). The summed E-state index contributed by atoms with van der Waals surface area (Å²) in [6.45, 7) is 1.17. The summed E-state index contributed by atoms with van der Waals surface area (Å²) in [5.74, 6) is -2.14. The maximum absolute atomic E-state index is 15.4. The lowest BCUT2D eigenvalue weighted by atomic mass is 9.84. The van der Waals surface area contributed by atoms with Crippen molar-refractivity contribution >= 4 is 33.2 Å². The number of fused-ring (bicyclic) bond motifs is 6. The first-order valence-corrected chi connectivity index (χ1v) is 14.0. The van der Waals surface area contributed by atoms with Gasteiger partial charge in [-0.05, 0) is 78.6 Å². The van der Waals surface area contributed by atoms with E-state index in [-0.39, 0.29) is 5.56 Å². The van der Waals surface area contributed by atoms with Crippen molar-refractivity contribution < 1.29 is 22.6 Å². The summed E-state index contributed by atoms with van der Waals surface area (Å²) in [5, 5.41) is 2.17. The highest BCUT2D eigenvalue weighted by molar-refractivity contribution is 6.09. The highest BCUT2D eigenvalue weighted by Crippen LogP contribution is 2.37. The molecule has 2 N–H and O–H groups in total. The molecular weight excluding hydrogens is 541 g/mol. The minimum Gasteiger partial charge on any atom is -0.497 e. The molecule has 9 heteroatoms. The summed E-state index contributed by atoms with van der Waals surface area (Å²) < 4.78 is 54.7. The highest BCUT2D eigenvalue weighted by atomic mass is 19.2. The number of aromatic nitrogens is 2. The van der Waals surface area contributed by atoms with Gasteiger partial charge in [-0.3, -0.25) is 9.98 Å². The van der Waals surface area contributed by atoms with Crippen LogP contribution in [-0.2, 0) is 12.8 Å². The largest absolute Gasteiger partial charge is 0.497 e. The summed E-state index contributed by atoms with van der Waals surface area (Å²) in [6, 6.07) is 13.4. The molecule has 4 heterocycles. The molecule has 0 atom stereocenters. The number of aliphatic imine (C=N–C) groups is 2. The Morgan fingerprint density at radius 3 is 1.69 bits per heavy atom. The molecular formula is C33H29F3N4O2. The van der Waals surface area contributed by atoms with Gasteiger partial charge in [-0.25, -0.2) is 13.2 Å². The first-order chi connectivity index (χ1) is 20.4. The second-order valence-corrected chi connectivity index (χ2v) is 10.8. The molecule has 0 unspecified atom stereocenters. The quantitative estimate of drug-likeness (QED) is 0.206. The van der Waals surface area contributed by atoms with E-state index in [1.807, 2.05) is 36.4 Å². The second kappa shape index (κ2) is 10.4. The lowest BCUT2D eigenvalue weighted by Crippen LogP contribution is -2.21. The Morgan fingerprint density at radius 1 is 0.690 bits per heavy atom. The Balaban J connectivity index is 1.29. The van der Waals surface area contributed by atoms with Gasteiger partial charge in [0, 0.05) is 53.1 Å². The maximum atomic E-state index is 15.4. The zero-order chi connectivity index (χ0) is 29.0. The van der Waals surface area contributed by atoms with Gasteiger partial charge in [-0.15, -0.1) is 0 Å². The topological polar surface area (TPSA) is 74.8 Å². The van der Waals surface area contributed by atoms with Gasteiger partial charge >= 0.3 is 0 Å². The van der Waals surface area contributed by atoms with Gasteiger partial charge in [0.25, 0.3) is 0 Å². The standard InChI is InChI=1S/C33H29F3N4O2/c1-41-18-3-5-20-22-7-9-37-30(32(22)39-28(20)13-18)11-17(24-15-26(35)27(36)16-25(24)34)12-31-33-23(8-10-38-31)21-6-4-19(42-2)14-29(21)40-33/h3-6,13-17,39-40H,7-12H2,1-2H3. The van der Waals surface area contributed by atoms with Gasteiger partial charge < -0.3 is 19.4 Å². The van der Waals surface area contributed by atoms with Crippen molar-refractivity contribution in [2.45, 2.75) is 31.6 Å². The molecule has 2 aromatic heterocycles. The number of H-pyrrole nitrogens is 2. The fourth-order valence-electron chi connectivity index (χ4n) is 6.44. The Kier molecular flexibility index (Phi) is 6.52. The van der Waals surface area contributed by atoms with Crippen LogP contribution in [0.1, 0.15) is 46.8 Å². The molecule has 0 amide bonds. The number of rotatable bonds is 7. The van der Waals surface area contributed by atoms with E-state index in [1.165, 1.54) is 0 Å². The van der Waals surface area contributed by atoms with Crippen molar-refractivity contribution in [2.75, 3.05) is 27.3 Å². The first-order valence-electron chi connectivity index (χ1n) is 14.0. The van der Waals surface area contributed by atoms with Gasteiger partial charge in [-0.1, -0.05) is 0 Å². The third-order valence-electron chi connectivity index (χ3n) is 8.49. The number of ether oxygens (including phenoxy) is 2. The smallest absolute Gasteiger partial charge is 0.161 e. The van der Waals surface area contributed by atoms with Gasteiger partial charge in [0.05, 0.1) is 37.0 Å². The van der Waals surface area contributed by atoms with Crippen LogP contribution in [0.3, 0.4) is 0 Å². The Bertz CT molecular complexity index is 1810. The van der Waals surface area contributed by atoms with Crippen molar-refractivity contribution in [3.8, 4) is 11.5 Å². The summed E-state index contributed by atoms with van der Waals surface area (Å²) in [6.07, 6.45) is 2.18. The number of nitrogens with one attached hydrogen (secondary N) is 2. The van der Waals surface area contributed by atoms with Gasteiger partial charge in [-0.2, -0.15) is 0 Å². The molecule has 0 aliphatic carbocycles. The minimum atomic E-state index is -1.21. The Labute approximate surface area is 240 Å². The van der Waals surface area contributed by atoms with E-state index >= 15 is 4.39 Å². The van der Waals surface area contributed by atoms with Crippen LogP contribution in [0.25, 0.3) is 21.8 Å². The van der Waals surface area contributed by atoms with Crippen LogP contribution in [0.4, 0.5) is 13.2 Å². The maximum Gasteiger partial charge on any atom is 0.161 e. The average Bonchev–Trinajstić information content (AvgIpc) is 3.57. The Morgan fingerprint density at radius 2 is 1.19 bits per heavy atom. The molecule has 42 heavy (non-hydrogen) atoms. The van der Waals surface area contributed by atoms with Gasteiger partial charge in [0.15, 0.2) is 11.6 Å². The summed E-state index contributed by atoms with van der Waals surface area (Å²) in [4.78, 5) is 16.7. The average molecular weight is 571 g/mol. The normalized spacial score (nSPS) is 14.6. The number of halogens is 3. The molecule has 0 saturated heterocycles. The number of benzene rings is 3. The molecule has 214 valence electrons. The van der Waals surface area contributed by atoms with E-state index in [1.54, 1.807) is 14.2 Å². The van der Waals surface area contributed by atoms with Crippen molar-refractivity contribution in [1.82, 2.24) is 9.97 Å². The van der Waals surface area contributed by atoms with E-state index < -0.39 is 23.4 Å². The van der Waals surface area contributed by atoms with E-state index in [9.17, 15) is 8.78 Å². The summed E-state index contributed by atoms with van der Waals surface area (Å²) in [5.41, 5.74) is 7.58. The molecule has 0 fully saturated rings. The first kappa shape index (κ1) is 26.4. The van der Waals surface area contributed by atoms with Crippen LogP contribution in [0.2, 0.25) is 0 Å². The molecule has 2 aliphatic heterocycles. The van der Waals surface area contributed by atoms with Crippen molar-refractivity contribution in [1.29, 1.82) is 0 Å². The predicted octanol–water partition coefficient (Wildman–Crippen LogP) is 7.04. The van der Waals surface area contributed by atoms with Crippen LogP contribution >= 0.6 is 0 Å². The van der Waals surface area contributed by atoms with E-state index in [0.29, 0.717) is 32.0 Å². The predicted molar refractivity (Wildman–Crippen MR) is 158 cm³/mol. The van der Waals surface area contributed by atoms with E-state index in [4.69, 9.17) is 19.5 Å². The molecule has 6 nitrogen and oxygen atoms in total. The van der Waals surface area contributed by atoms with Crippen molar-refractivity contribution in [3.63, 3.8) is 0 Å². The number of hydrogen-bond acceptors (Lipinski definition) is 4. The zero-order valence-corrected chi connectivity index (χ0v) is 23.3. The summed E-state index contributed by atoms with van der Waals surface area (Å²) >= 11 is 0. The van der Waals surface area contributed by atoms with Crippen LogP contribution in [0, 0.1) is 17.5 Å². The number of hydrogen-bond donors (Lipinski definition) is 2. The van der Waals surface area contributed by atoms with Crippen LogP contribution in [-0.4, -0.2) is 48.7 Å². The SMILES string of the molecule is COc1ccc2c3c([nH]c2c1)C(CC(CC1=NCCc2c1[nH]c1cc(OC)ccc21)c1cc(F)c(F)cc1F)=NCC3. The molecule has 5 aromatic rings. The van der Waals surface area contributed by atoms with Crippen LogP contribution < -0.4 is 9.47 Å². The van der Waals surface area contributed by atoms with E-state index in [0.717, 1.165) is 86.2 Å². The number of methoxy groups -OCH3 is 2. The fourth-order valence-corrected chi connectivity index (χ4v) is 6.44. The summed E-state index contributed by atoms with van der Waals surface area (Å²) in [7, 11) is 3.25. The fraction of sp³-hybridized carbons (Fsp3) is 0.273. The lowest BCUT2D eigenvalue weighted by molar-refractivity contribution is 0.415.